The van der Waals surface area contributed by atoms with E-state index in [0.717, 1.165) is 35.4 Å². The number of hydrogen-bond acceptors (Lipinski definition) is 4. The number of nitrogens with zero attached hydrogens (tertiary/aromatic N) is 1. The van der Waals surface area contributed by atoms with Gasteiger partial charge in [-0.1, -0.05) is 19.8 Å². The van der Waals surface area contributed by atoms with Gasteiger partial charge in [-0.2, -0.15) is 0 Å². The number of aliphatic carboxylic acids is 1. The first-order valence-electron chi connectivity index (χ1n) is 9.13. The number of aryl methyl sites for hydroxylation is 1. The number of unbranched alkanes of at least 4 members (excludes halogenated alkanes) is 2. The number of aliphatic imine (C=N–C) groups is 1. The van der Waals surface area contributed by atoms with Gasteiger partial charge in [0, 0.05) is 34.7 Å². The summed E-state index contributed by atoms with van der Waals surface area (Å²) >= 11 is 1.79. The highest BCUT2D eigenvalue weighted by Crippen LogP contribution is 2.46. The number of phenolic OH excluding ortho intramolecular Hbond substituents is 1. The molecule has 25 heavy (non-hydrogen) atoms. The van der Waals surface area contributed by atoms with Crippen molar-refractivity contribution in [1.29, 1.82) is 0 Å². The molecule has 1 aromatic rings. The molecule has 1 aliphatic rings. The summed E-state index contributed by atoms with van der Waals surface area (Å²) in [7, 11) is 0. The molecule has 0 fully saturated rings. The lowest BCUT2D eigenvalue weighted by Crippen LogP contribution is -2.26. The molecule has 0 saturated heterocycles. The molecule has 0 saturated carbocycles. The fourth-order valence-electron chi connectivity index (χ4n) is 3.15. The third-order valence-electron chi connectivity index (χ3n) is 4.33. The number of hydrogen-bond donors (Lipinski definition) is 2. The minimum absolute atomic E-state index is 0.0209. The van der Waals surface area contributed by atoms with Gasteiger partial charge < -0.3 is 10.2 Å². The number of fused-ring (bicyclic) bond motifs is 1. The Hall–Kier alpha value is -1.49. The number of carbonyl (C=O) groups is 1. The van der Waals surface area contributed by atoms with Crippen molar-refractivity contribution in [1.82, 2.24) is 0 Å². The Balaban J connectivity index is 2.25. The van der Waals surface area contributed by atoms with Gasteiger partial charge in [-0.3, -0.25) is 9.79 Å². The number of phenols is 1. The van der Waals surface area contributed by atoms with Crippen molar-refractivity contribution in [2.45, 2.75) is 75.4 Å². The first kappa shape index (κ1) is 19.8. The second-order valence-corrected chi connectivity index (χ2v) is 9.06. The van der Waals surface area contributed by atoms with Crippen LogP contribution in [0.2, 0.25) is 0 Å². The van der Waals surface area contributed by atoms with Gasteiger partial charge in [0.25, 0.3) is 0 Å². The van der Waals surface area contributed by atoms with Crippen molar-refractivity contribution < 1.29 is 15.0 Å². The Morgan fingerprint density at radius 2 is 2.04 bits per heavy atom. The summed E-state index contributed by atoms with van der Waals surface area (Å²) in [5, 5.41) is 19.4. The van der Waals surface area contributed by atoms with Crippen molar-refractivity contribution in [3.63, 3.8) is 0 Å². The summed E-state index contributed by atoms with van der Waals surface area (Å²) in [5.74, 6) is -0.483. The van der Waals surface area contributed by atoms with E-state index in [1.807, 2.05) is 6.07 Å². The average Bonchev–Trinajstić information content (AvgIpc) is 2.49. The number of carboxylic acids is 1. The molecule has 1 heterocycles. The van der Waals surface area contributed by atoms with Crippen molar-refractivity contribution >= 4 is 23.4 Å². The Kier molecular flexibility index (Phi) is 6.94. The largest absolute Gasteiger partial charge is 0.507 e. The summed E-state index contributed by atoms with van der Waals surface area (Å²) in [4.78, 5) is 16.4. The van der Waals surface area contributed by atoms with Crippen LogP contribution in [0.1, 0.15) is 70.4 Å². The maximum Gasteiger partial charge on any atom is 0.303 e. The first-order chi connectivity index (χ1) is 11.8. The summed E-state index contributed by atoms with van der Waals surface area (Å²) in [6.07, 6.45) is 5.94. The van der Waals surface area contributed by atoms with Crippen LogP contribution in [0, 0.1) is 0 Å². The highest BCUT2D eigenvalue weighted by Gasteiger charge is 2.32. The third kappa shape index (κ3) is 5.77. The van der Waals surface area contributed by atoms with Crippen LogP contribution in [0.3, 0.4) is 0 Å². The van der Waals surface area contributed by atoms with Crippen LogP contribution in [-0.4, -0.2) is 33.2 Å². The lowest BCUT2D eigenvalue weighted by molar-refractivity contribution is -0.137. The highest BCUT2D eigenvalue weighted by molar-refractivity contribution is 8.00. The third-order valence-corrected chi connectivity index (χ3v) is 5.57. The normalized spacial score (nSPS) is 17.5. The lowest BCUT2D eigenvalue weighted by atomic mass is 9.95. The van der Waals surface area contributed by atoms with E-state index in [2.05, 4.69) is 31.8 Å². The van der Waals surface area contributed by atoms with Gasteiger partial charge in [0.1, 0.15) is 5.75 Å². The molecule has 0 bridgehead atoms. The predicted molar refractivity (Wildman–Crippen MR) is 104 cm³/mol. The molecule has 0 spiro atoms. The summed E-state index contributed by atoms with van der Waals surface area (Å²) in [6, 6.07) is 4.07. The topological polar surface area (TPSA) is 69.9 Å². The van der Waals surface area contributed by atoms with E-state index in [1.165, 1.54) is 18.4 Å². The van der Waals surface area contributed by atoms with Gasteiger partial charge in [-0.15, -0.1) is 11.8 Å². The fourth-order valence-corrected chi connectivity index (χ4v) is 4.49. The zero-order chi connectivity index (χ0) is 18.4. The number of carboxylic acid groups (broad SMARTS) is 1. The van der Waals surface area contributed by atoms with Crippen LogP contribution < -0.4 is 0 Å². The minimum Gasteiger partial charge on any atom is -0.507 e. The molecule has 138 valence electrons. The smallest absolute Gasteiger partial charge is 0.303 e. The van der Waals surface area contributed by atoms with Gasteiger partial charge in [-0.25, -0.2) is 0 Å². The monoisotopic (exact) mass is 363 g/mol. The van der Waals surface area contributed by atoms with Gasteiger partial charge in [0.15, 0.2) is 0 Å². The Morgan fingerprint density at radius 3 is 2.72 bits per heavy atom. The van der Waals surface area contributed by atoms with Gasteiger partial charge in [0.05, 0.1) is 5.56 Å². The summed E-state index contributed by atoms with van der Waals surface area (Å²) < 4.78 is 0.0209. The molecule has 1 aromatic carbocycles. The van der Waals surface area contributed by atoms with Gasteiger partial charge in [0.2, 0.25) is 0 Å². The van der Waals surface area contributed by atoms with Crippen LogP contribution in [0.15, 0.2) is 22.0 Å². The molecule has 4 nitrogen and oxygen atoms in total. The Bertz CT molecular complexity index is 653. The van der Waals surface area contributed by atoms with E-state index in [1.54, 1.807) is 11.8 Å². The van der Waals surface area contributed by atoms with Crippen LogP contribution in [0.5, 0.6) is 5.75 Å². The predicted octanol–water partition coefficient (Wildman–Crippen LogP) is 5.05. The van der Waals surface area contributed by atoms with Crippen LogP contribution in [0.25, 0.3) is 0 Å². The summed E-state index contributed by atoms with van der Waals surface area (Å²) in [6.45, 7) is 7.05. The molecule has 0 unspecified atom stereocenters. The molecule has 0 amide bonds. The molecule has 5 heteroatoms. The van der Waals surface area contributed by atoms with E-state index >= 15 is 0 Å². The van der Waals surface area contributed by atoms with Gasteiger partial charge in [-0.05, 0) is 50.8 Å². The maximum atomic E-state index is 10.7. The standard InChI is InChI=1S/C20H29NO3S/c1-4-5-6-8-14-11-16(22)19-15(21-10-7-9-18(23)24)13-20(2,3)25-17(19)12-14/h11-12,22H,4-10,13H2,1-3H3,(H,23,24). The van der Waals surface area contributed by atoms with Crippen LogP contribution >= 0.6 is 11.8 Å². The minimum atomic E-state index is -0.792. The lowest BCUT2D eigenvalue weighted by Gasteiger charge is -2.32. The number of rotatable bonds is 8. The van der Waals surface area contributed by atoms with Crippen molar-refractivity contribution in [2.24, 2.45) is 4.99 Å². The fraction of sp³-hybridized carbons (Fsp3) is 0.600. The molecule has 0 atom stereocenters. The van der Waals surface area contributed by atoms with Crippen molar-refractivity contribution in [2.75, 3.05) is 6.54 Å². The molecule has 2 N–H and O–H groups in total. The highest BCUT2D eigenvalue weighted by atomic mass is 32.2. The van der Waals surface area contributed by atoms with Gasteiger partial charge >= 0.3 is 5.97 Å². The van der Waals surface area contributed by atoms with Crippen molar-refractivity contribution in [3.05, 3.63) is 23.3 Å². The maximum absolute atomic E-state index is 10.7. The zero-order valence-corrected chi connectivity index (χ0v) is 16.3. The molecule has 0 radical (unpaired) electrons. The van der Waals surface area contributed by atoms with E-state index in [0.29, 0.717) is 18.7 Å². The number of aromatic hydroxyl groups is 1. The number of thioether (sulfide) groups is 1. The first-order valence-corrected chi connectivity index (χ1v) is 9.94. The molecule has 0 aliphatic carbocycles. The molecule has 2 rings (SSSR count). The van der Waals surface area contributed by atoms with Crippen LogP contribution in [0.4, 0.5) is 0 Å². The Labute approximate surface area is 154 Å². The molecular formula is C20H29NO3S. The van der Waals surface area contributed by atoms with E-state index < -0.39 is 5.97 Å². The van der Waals surface area contributed by atoms with Crippen molar-refractivity contribution in [3.8, 4) is 5.75 Å². The number of benzene rings is 1. The molecular weight excluding hydrogens is 334 g/mol. The van der Waals surface area contributed by atoms with E-state index in [9.17, 15) is 9.90 Å². The quantitative estimate of drug-likeness (QED) is 0.634. The van der Waals surface area contributed by atoms with E-state index in [-0.39, 0.29) is 11.2 Å². The molecule has 0 aromatic heterocycles. The second-order valence-electron chi connectivity index (χ2n) is 7.31. The second kappa shape index (κ2) is 8.75. The Morgan fingerprint density at radius 1 is 1.28 bits per heavy atom. The van der Waals surface area contributed by atoms with E-state index in [4.69, 9.17) is 5.11 Å². The van der Waals surface area contributed by atoms with Crippen LogP contribution in [-0.2, 0) is 11.2 Å². The average molecular weight is 364 g/mol. The SMILES string of the molecule is CCCCCc1cc(O)c2c(c1)SC(C)(C)CC2=NCCCC(=O)O. The molecule has 1 aliphatic heterocycles. The summed E-state index contributed by atoms with van der Waals surface area (Å²) in [5.41, 5.74) is 2.93. The zero-order valence-electron chi connectivity index (χ0n) is 15.5.